The zero-order chi connectivity index (χ0) is 13.5. The van der Waals surface area contributed by atoms with Gasteiger partial charge in [0, 0.05) is 11.0 Å². The smallest absolute Gasteiger partial charge is 0.169 e. The molecule has 2 rings (SSSR count). The summed E-state index contributed by atoms with van der Waals surface area (Å²) >= 11 is 0. The van der Waals surface area contributed by atoms with Crippen LogP contribution in [0.1, 0.15) is 61.0 Å². The standard InChI is InChI=1S/C16H22O2/c1-10(2)12-9-13(11(3)8-14(12)18-5)15(17)16(4)6-7-16/h8-10H,6-7H2,1-5H3. The second kappa shape index (κ2) is 4.42. The van der Waals surface area contributed by atoms with Gasteiger partial charge in [-0.1, -0.05) is 20.8 Å². The molecule has 18 heavy (non-hydrogen) atoms. The average Bonchev–Trinajstić information content (AvgIpc) is 3.07. The molecular formula is C16H22O2. The molecule has 1 aromatic rings. The normalized spacial score (nSPS) is 16.8. The van der Waals surface area contributed by atoms with E-state index < -0.39 is 0 Å². The Kier molecular flexibility index (Phi) is 3.22. The van der Waals surface area contributed by atoms with Gasteiger partial charge in [0.2, 0.25) is 0 Å². The zero-order valence-corrected chi connectivity index (χ0v) is 12.0. The molecule has 0 heterocycles. The van der Waals surface area contributed by atoms with Crippen LogP contribution in [-0.2, 0) is 0 Å². The number of methoxy groups -OCH3 is 1. The van der Waals surface area contributed by atoms with Gasteiger partial charge in [-0.25, -0.2) is 0 Å². The quantitative estimate of drug-likeness (QED) is 0.747. The van der Waals surface area contributed by atoms with Crippen molar-refractivity contribution in [2.24, 2.45) is 5.41 Å². The van der Waals surface area contributed by atoms with Crippen LogP contribution in [0.3, 0.4) is 0 Å². The predicted molar refractivity (Wildman–Crippen MR) is 73.5 cm³/mol. The Morgan fingerprint density at radius 2 is 1.94 bits per heavy atom. The highest BCUT2D eigenvalue weighted by molar-refractivity contribution is 6.03. The molecule has 0 aliphatic heterocycles. The first-order valence-corrected chi connectivity index (χ1v) is 6.62. The van der Waals surface area contributed by atoms with Crippen LogP contribution in [-0.4, -0.2) is 12.9 Å². The first-order valence-electron chi connectivity index (χ1n) is 6.62. The van der Waals surface area contributed by atoms with Crippen LogP contribution >= 0.6 is 0 Å². The van der Waals surface area contributed by atoms with Crippen molar-refractivity contribution in [2.75, 3.05) is 7.11 Å². The molecule has 1 fully saturated rings. The number of ether oxygens (including phenoxy) is 1. The van der Waals surface area contributed by atoms with Gasteiger partial charge in [0.25, 0.3) is 0 Å². The number of rotatable bonds is 4. The fourth-order valence-electron chi connectivity index (χ4n) is 2.31. The summed E-state index contributed by atoms with van der Waals surface area (Å²) in [5.74, 6) is 1.55. The molecule has 2 heteroatoms. The van der Waals surface area contributed by atoms with Crippen LogP contribution in [0.5, 0.6) is 5.75 Å². The SMILES string of the molecule is COc1cc(C)c(C(=O)C2(C)CC2)cc1C(C)C. The van der Waals surface area contributed by atoms with E-state index in [0.717, 1.165) is 35.3 Å². The molecule has 0 unspecified atom stereocenters. The highest BCUT2D eigenvalue weighted by Gasteiger charge is 2.45. The highest BCUT2D eigenvalue weighted by atomic mass is 16.5. The molecule has 1 aliphatic rings. The molecule has 0 N–H and O–H groups in total. The van der Waals surface area contributed by atoms with E-state index >= 15 is 0 Å². The Labute approximate surface area is 109 Å². The van der Waals surface area contributed by atoms with Crippen LogP contribution in [0.15, 0.2) is 12.1 Å². The lowest BCUT2D eigenvalue weighted by molar-refractivity contribution is 0.0911. The van der Waals surface area contributed by atoms with Gasteiger partial charge >= 0.3 is 0 Å². The molecule has 1 aromatic carbocycles. The topological polar surface area (TPSA) is 26.3 Å². The lowest BCUT2D eigenvalue weighted by Crippen LogP contribution is -2.14. The second-order valence-electron chi connectivity index (χ2n) is 5.95. The van der Waals surface area contributed by atoms with Crippen LogP contribution in [0, 0.1) is 12.3 Å². The molecular weight excluding hydrogens is 224 g/mol. The molecule has 98 valence electrons. The molecule has 2 nitrogen and oxygen atoms in total. The summed E-state index contributed by atoms with van der Waals surface area (Å²) in [7, 11) is 1.68. The molecule has 0 amide bonds. The predicted octanol–water partition coefficient (Wildman–Crippen LogP) is 4.11. The summed E-state index contributed by atoms with van der Waals surface area (Å²) in [6.07, 6.45) is 2.04. The summed E-state index contributed by atoms with van der Waals surface area (Å²) in [5, 5.41) is 0. The summed E-state index contributed by atoms with van der Waals surface area (Å²) < 4.78 is 5.41. The number of carbonyl (C=O) groups is 1. The number of ketones is 1. The zero-order valence-electron chi connectivity index (χ0n) is 12.0. The van der Waals surface area contributed by atoms with Crippen molar-refractivity contribution in [3.63, 3.8) is 0 Å². The lowest BCUT2D eigenvalue weighted by Gasteiger charge is -2.17. The van der Waals surface area contributed by atoms with Gasteiger partial charge in [-0.3, -0.25) is 4.79 Å². The Hall–Kier alpha value is -1.31. The summed E-state index contributed by atoms with van der Waals surface area (Å²) in [6, 6.07) is 4.03. The Balaban J connectivity index is 2.48. The maximum atomic E-state index is 12.5. The van der Waals surface area contributed by atoms with Crippen molar-refractivity contribution in [3.05, 3.63) is 28.8 Å². The lowest BCUT2D eigenvalue weighted by atomic mass is 9.89. The molecule has 1 aliphatic carbocycles. The minimum Gasteiger partial charge on any atom is -0.496 e. The van der Waals surface area contributed by atoms with Crippen molar-refractivity contribution in [3.8, 4) is 5.75 Å². The summed E-state index contributed by atoms with van der Waals surface area (Å²) in [5.41, 5.74) is 2.91. The van der Waals surface area contributed by atoms with Gasteiger partial charge in [0.15, 0.2) is 5.78 Å². The Morgan fingerprint density at radius 3 is 2.39 bits per heavy atom. The third-order valence-corrected chi connectivity index (χ3v) is 3.99. The number of Topliss-reactive ketones (excluding diaryl/α,β-unsaturated/α-hetero) is 1. The number of hydrogen-bond donors (Lipinski definition) is 0. The van der Waals surface area contributed by atoms with E-state index in [1.165, 1.54) is 0 Å². The monoisotopic (exact) mass is 246 g/mol. The molecule has 0 radical (unpaired) electrons. The second-order valence-corrected chi connectivity index (χ2v) is 5.95. The van der Waals surface area contributed by atoms with Crippen LogP contribution in [0.4, 0.5) is 0 Å². The van der Waals surface area contributed by atoms with Gasteiger partial charge < -0.3 is 4.74 Å². The van der Waals surface area contributed by atoms with Crippen molar-refractivity contribution in [2.45, 2.75) is 46.5 Å². The number of aryl methyl sites for hydroxylation is 1. The first-order chi connectivity index (χ1) is 8.39. The van der Waals surface area contributed by atoms with Gasteiger partial charge in [0.05, 0.1) is 7.11 Å². The van der Waals surface area contributed by atoms with E-state index in [1.807, 2.05) is 19.1 Å². The van der Waals surface area contributed by atoms with Crippen molar-refractivity contribution >= 4 is 5.78 Å². The fraction of sp³-hybridized carbons (Fsp3) is 0.562. The molecule has 0 atom stereocenters. The Morgan fingerprint density at radius 1 is 1.33 bits per heavy atom. The van der Waals surface area contributed by atoms with Gasteiger partial charge in [-0.15, -0.1) is 0 Å². The van der Waals surface area contributed by atoms with Crippen molar-refractivity contribution < 1.29 is 9.53 Å². The van der Waals surface area contributed by atoms with E-state index in [2.05, 4.69) is 20.8 Å². The van der Waals surface area contributed by atoms with E-state index in [1.54, 1.807) is 7.11 Å². The van der Waals surface area contributed by atoms with Crippen LogP contribution in [0.25, 0.3) is 0 Å². The minimum absolute atomic E-state index is 0.104. The molecule has 0 spiro atoms. The van der Waals surface area contributed by atoms with Gasteiger partial charge in [-0.05, 0) is 48.9 Å². The third-order valence-electron chi connectivity index (χ3n) is 3.99. The average molecular weight is 246 g/mol. The maximum absolute atomic E-state index is 12.5. The van der Waals surface area contributed by atoms with Crippen LogP contribution < -0.4 is 4.74 Å². The fourth-order valence-corrected chi connectivity index (χ4v) is 2.31. The van der Waals surface area contributed by atoms with E-state index in [-0.39, 0.29) is 5.41 Å². The highest BCUT2D eigenvalue weighted by Crippen LogP contribution is 2.48. The van der Waals surface area contributed by atoms with Gasteiger partial charge in [-0.2, -0.15) is 0 Å². The van der Waals surface area contributed by atoms with E-state index in [0.29, 0.717) is 11.7 Å². The molecule has 0 saturated heterocycles. The number of hydrogen-bond acceptors (Lipinski definition) is 2. The third kappa shape index (κ3) is 2.16. The van der Waals surface area contributed by atoms with Crippen LogP contribution in [0.2, 0.25) is 0 Å². The minimum atomic E-state index is -0.104. The van der Waals surface area contributed by atoms with Crippen molar-refractivity contribution in [1.82, 2.24) is 0 Å². The molecule has 1 saturated carbocycles. The number of benzene rings is 1. The van der Waals surface area contributed by atoms with E-state index in [4.69, 9.17) is 4.74 Å². The molecule has 0 bridgehead atoms. The molecule has 0 aromatic heterocycles. The maximum Gasteiger partial charge on any atom is 0.169 e. The van der Waals surface area contributed by atoms with E-state index in [9.17, 15) is 4.79 Å². The first kappa shape index (κ1) is 13.1. The largest absolute Gasteiger partial charge is 0.496 e. The van der Waals surface area contributed by atoms with Crippen molar-refractivity contribution in [1.29, 1.82) is 0 Å². The van der Waals surface area contributed by atoms with Gasteiger partial charge in [0.1, 0.15) is 5.75 Å². The summed E-state index contributed by atoms with van der Waals surface area (Å²) in [6.45, 7) is 8.31. The number of carbonyl (C=O) groups excluding carboxylic acids is 1. The Bertz CT molecular complexity index is 482. The summed E-state index contributed by atoms with van der Waals surface area (Å²) in [4.78, 5) is 12.5.